The zero-order chi connectivity index (χ0) is 17.8. The van der Waals surface area contributed by atoms with Gasteiger partial charge in [-0.2, -0.15) is 0 Å². The summed E-state index contributed by atoms with van der Waals surface area (Å²) in [4.78, 5) is 25.9. The van der Waals surface area contributed by atoms with Crippen LogP contribution < -0.4 is 4.74 Å². The predicted octanol–water partition coefficient (Wildman–Crippen LogP) is 2.56. The highest BCUT2D eigenvalue weighted by atomic mass is 16.5. The number of benzene rings is 2. The minimum Gasteiger partial charge on any atom is -0.497 e. The van der Waals surface area contributed by atoms with E-state index in [1.165, 1.54) is 0 Å². The minimum atomic E-state index is -0.853. The molecular weight excluding hydrogens is 318 g/mol. The van der Waals surface area contributed by atoms with E-state index < -0.39 is 11.9 Å². The fourth-order valence-electron chi connectivity index (χ4n) is 3.33. The Kier molecular flexibility index (Phi) is 5.03. The van der Waals surface area contributed by atoms with Crippen LogP contribution in [-0.2, 0) is 16.0 Å². The van der Waals surface area contributed by atoms with E-state index in [-0.39, 0.29) is 24.8 Å². The quantitative estimate of drug-likeness (QED) is 0.909. The van der Waals surface area contributed by atoms with Gasteiger partial charge < -0.3 is 14.7 Å². The van der Waals surface area contributed by atoms with Crippen molar-refractivity contribution in [3.63, 3.8) is 0 Å². The summed E-state index contributed by atoms with van der Waals surface area (Å²) in [5, 5.41) is 9.54. The van der Waals surface area contributed by atoms with Crippen LogP contribution >= 0.6 is 0 Å². The molecule has 1 saturated heterocycles. The van der Waals surface area contributed by atoms with E-state index in [1.807, 2.05) is 54.6 Å². The van der Waals surface area contributed by atoms with Crippen molar-refractivity contribution in [1.29, 1.82) is 0 Å². The van der Waals surface area contributed by atoms with Crippen molar-refractivity contribution in [3.8, 4) is 5.75 Å². The molecule has 5 nitrogen and oxygen atoms in total. The van der Waals surface area contributed by atoms with Gasteiger partial charge in [0.2, 0.25) is 5.91 Å². The molecule has 0 aliphatic carbocycles. The Morgan fingerprint density at radius 3 is 2.36 bits per heavy atom. The van der Waals surface area contributed by atoms with Crippen molar-refractivity contribution in [3.05, 3.63) is 65.7 Å². The van der Waals surface area contributed by atoms with Crippen LogP contribution in [0.5, 0.6) is 5.75 Å². The van der Waals surface area contributed by atoms with Gasteiger partial charge in [0.15, 0.2) is 0 Å². The molecule has 1 heterocycles. The standard InChI is InChI=1S/C20H21NO4/c1-25-16-9-7-14(8-10-16)11-19(22)21-12-17(18(13-21)20(23)24)15-5-3-2-4-6-15/h2-10,17-18H,11-13H2,1H3,(H,23,24)/t17-,18-/m0/s1. The number of rotatable bonds is 5. The van der Waals surface area contributed by atoms with Gasteiger partial charge in [-0.25, -0.2) is 0 Å². The second kappa shape index (κ2) is 7.38. The van der Waals surface area contributed by atoms with E-state index in [0.717, 1.165) is 16.9 Å². The molecule has 2 aromatic carbocycles. The van der Waals surface area contributed by atoms with Crippen LogP contribution in [0, 0.1) is 5.92 Å². The molecule has 0 aromatic heterocycles. The number of amides is 1. The number of carbonyl (C=O) groups excluding carboxylic acids is 1. The lowest BCUT2D eigenvalue weighted by Crippen LogP contribution is -2.31. The molecule has 0 radical (unpaired) electrons. The van der Waals surface area contributed by atoms with Gasteiger partial charge in [-0.1, -0.05) is 42.5 Å². The Balaban J connectivity index is 1.71. The van der Waals surface area contributed by atoms with Crippen LogP contribution in [0.2, 0.25) is 0 Å². The third-order valence-corrected chi connectivity index (χ3v) is 4.73. The number of hydrogen-bond acceptors (Lipinski definition) is 3. The van der Waals surface area contributed by atoms with Crippen LogP contribution in [0.25, 0.3) is 0 Å². The van der Waals surface area contributed by atoms with Gasteiger partial charge in [-0.05, 0) is 23.3 Å². The molecule has 1 aliphatic rings. The topological polar surface area (TPSA) is 66.8 Å². The molecule has 3 rings (SSSR count). The van der Waals surface area contributed by atoms with E-state index >= 15 is 0 Å². The first-order valence-electron chi connectivity index (χ1n) is 8.27. The highest BCUT2D eigenvalue weighted by Crippen LogP contribution is 2.33. The van der Waals surface area contributed by atoms with Gasteiger partial charge in [0.1, 0.15) is 5.75 Å². The molecule has 2 atom stereocenters. The SMILES string of the molecule is COc1ccc(CC(=O)N2C[C@H](C(=O)O)[C@H](c3ccccc3)C2)cc1. The van der Waals surface area contributed by atoms with Crippen molar-refractivity contribution in [1.82, 2.24) is 4.90 Å². The number of carboxylic acids is 1. The fourth-order valence-corrected chi connectivity index (χ4v) is 3.33. The third-order valence-electron chi connectivity index (χ3n) is 4.73. The number of ether oxygens (including phenoxy) is 1. The molecule has 2 aromatic rings. The van der Waals surface area contributed by atoms with Crippen molar-refractivity contribution >= 4 is 11.9 Å². The maximum absolute atomic E-state index is 12.6. The summed E-state index contributed by atoms with van der Waals surface area (Å²) in [5.41, 5.74) is 1.86. The Bertz CT molecular complexity index is 742. The maximum atomic E-state index is 12.6. The number of aliphatic carboxylic acids is 1. The molecule has 1 amide bonds. The van der Waals surface area contributed by atoms with Crippen molar-refractivity contribution in [2.24, 2.45) is 5.92 Å². The van der Waals surface area contributed by atoms with Gasteiger partial charge >= 0.3 is 5.97 Å². The van der Waals surface area contributed by atoms with Crippen LogP contribution in [0.1, 0.15) is 17.0 Å². The summed E-state index contributed by atoms with van der Waals surface area (Å²) < 4.78 is 5.12. The summed E-state index contributed by atoms with van der Waals surface area (Å²) in [5.74, 6) is -0.892. The minimum absolute atomic E-state index is 0.0464. The summed E-state index contributed by atoms with van der Waals surface area (Å²) in [6.07, 6.45) is 0.262. The average molecular weight is 339 g/mol. The lowest BCUT2D eigenvalue weighted by molar-refractivity contribution is -0.141. The molecule has 1 N–H and O–H groups in total. The molecule has 0 bridgehead atoms. The van der Waals surface area contributed by atoms with Crippen molar-refractivity contribution < 1.29 is 19.4 Å². The molecule has 130 valence electrons. The van der Waals surface area contributed by atoms with Crippen LogP contribution in [-0.4, -0.2) is 42.1 Å². The van der Waals surface area contributed by atoms with Gasteiger partial charge in [0.05, 0.1) is 19.4 Å². The summed E-state index contributed by atoms with van der Waals surface area (Å²) in [6, 6.07) is 16.9. The average Bonchev–Trinajstić information content (AvgIpc) is 3.09. The first-order chi connectivity index (χ1) is 12.1. The van der Waals surface area contributed by atoms with Gasteiger partial charge in [-0.3, -0.25) is 9.59 Å². The second-order valence-electron chi connectivity index (χ2n) is 6.29. The number of carboxylic acid groups (broad SMARTS) is 1. The van der Waals surface area contributed by atoms with E-state index in [9.17, 15) is 14.7 Å². The van der Waals surface area contributed by atoms with E-state index in [1.54, 1.807) is 12.0 Å². The smallest absolute Gasteiger partial charge is 0.308 e. The third kappa shape index (κ3) is 3.82. The van der Waals surface area contributed by atoms with E-state index in [2.05, 4.69) is 0 Å². The molecule has 0 unspecified atom stereocenters. The number of nitrogens with zero attached hydrogens (tertiary/aromatic N) is 1. The van der Waals surface area contributed by atoms with E-state index in [0.29, 0.717) is 6.54 Å². The monoisotopic (exact) mass is 339 g/mol. The maximum Gasteiger partial charge on any atom is 0.308 e. The van der Waals surface area contributed by atoms with Gasteiger partial charge in [-0.15, -0.1) is 0 Å². The molecule has 0 spiro atoms. The molecule has 1 fully saturated rings. The zero-order valence-corrected chi connectivity index (χ0v) is 14.1. The Labute approximate surface area is 146 Å². The van der Waals surface area contributed by atoms with E-state index in [4.69, 9.17) is 4.74 Å². The van der Waals surface area contributed by atoms with Crippen LogP contribution in [0.3, 0.4) is 0 Å². The van der Waals surface area contributed by atoms with Gasteiger partial charge in [0, 0.05) is 19.0 Å². The lowest BCUT2D eigenvalue weighted by Gasteiger charge is -2.16. The molecule has 0 saturated carbocycles. The Hall–Kier alpha value is -2.82. The predicted molar refractivity (Wildman–Crippen MR) is 93.6 cm³/mol. The second-order valence-corrected chi connectivity index (χ2v) is 6.29. The Morgan fingerprint density at radius 2 is 1.76 bits per heavy atom. The Morgan fingerprint density at radius 1 is 1.08 bits per heavy atom. The normalized spacial score (nSPS) is 19.6. The summed E-state index contributed by atoms with van der Waals surface area (Å²) in [6.45, 7) is 0.694. The summed E-state index contributed by atoms with van der Waals surface area (Å²) in [7, 11) is 1.60. The zero-order valence-electron chi connectivity index (χ0n) is 14.1. The first kappa shape index (κ1) is 17.0. The van der Waals surface area contributed by atoms with Crippen molar-refractivity contribution in [2.75, 3.05) is 20.2 Å². The fraction of sp³-hybridized carbons (Fsp3) is 0.300. The molecule has 5 heteroatoms. The highest BCUT2D eigenvalue weighted by Gasteiger charge is 2.40. The lowest BCUT2D eigenvalue weighted by atomic mass is 9.89. The largest absolute Gasteiger partial charge is 0.497 e. The summed E-state index contributed by atoms with van der Waals surface area (Å²) >= 11 is 0. The van der Waals surface area contributed by atoms with Gasteiger partial charge in [0.25, 0.3) is 0 Å². The van der Waals surface area contributed by atoms with Crippen LogP contribution in [0.4, 0.5) is 0 Å². The molecular formula is C20H21NO4. The number of likely N-dealkylation sites (tertiary alicyclic amines) is 1. The highest BCUT2D eigenvalue weighted by molar-refractivity contribution is 5.81. The molecule has 1 aliphatic heterocycles. The molecule has 25 heavy (non-hydrogen) atoms. The number of methoxy groups -OCH3 is 1. The number of carbonyl (C=O) groups is 2. The van der Waals surface area contributed by atoms with Crippen LogP contribution in [0.15, 0.2) is 54.6 Å². The first-order valence-corrected chi connectivity index (χ1v) is 8.27. The number of hydrogen-bond donors (Lipinski definition) is 1. The van der Waals surface area contributed by atoms with Crippen molar-refractivity contribution in [2.45, 2.75) is 12.3 Å².